The number of nitrogens with zero attached hydrogens (tertiary/aromatic N) is 1. The molecule has 26 heavy (non-hydrogen) atoms. The zero-order chi connectivity index (χ0) is 18.1. The molecule has 1 saturated carbocycles. The van der Waals surface area contributed by atoms with Crippen LogP contribution in [0.15, 0.2) is 48.8 Å². The molecule has 140 valence electrons. The Hall–Kier alpha value is -1.54. The summed E-state index contributed by atoms with van der Waals surface area (Å²) in [6, 6.07) is 9.48. The van der Waals surface area contributed by atoms with Crippen LogP contribution in [0.4, 0.5) is 0 Å². The summed E-state index contributed by atoms with van der Waals surface area (Å²) in [6.45, 7) is 15.1. The predicted molar refractivity (Wildman–Crippen MR) is 108 cm³/mol. The maximum Gasteiger partial charge on any atom is 0.0937 e. The van der Waals surface area contributed by atoms with E-state index in [9.17, 15) is 0 Å². The molecule has 0 N–H and O–H groups in total. The molecule has 3 atom stereocenters. The zero-order valence-electron chi connectivity index (χ0n) is 16.3. The van der Waals surface area contributed by atoms with Gasteiger partial charge in [-0.3, -0.25) is 4.90 Å². The van der Waals surface area contributed by atoms with Crippen LogP contribution in [-0.2, 0) is 11.3 Å². The van der Waals surface area contributed by atoms with Gasteiger partial charge < -0.3 is 4.74 Å². The predicted octanol–water partition coefficient (Wildman–Crippen LogP) is 5.66. The molecule has 3 fully saturated rings. The second kappa shape index (κ2) is 7.23. The van der Waals surface area contributed by atoms with Gasteiger partial charge in [-0.05, 0) is 75.1 Å². The molecule has 0 bridgehead atoms. The van der Waals surface area contributed by atoms with E-state index >= 15 is 0 Å². The average molecular weight is 352 g/mol. The van der Waals surface area contributed by atoms with Gasteiger partial charge in [0.05, 0.1) is 12.4 Å². The molecule has 0 aromatic heterocycles. The number of likely N-dealkylation sites (tertiary alicyclic amines) is 1. The Morgan fingerprint density at radius 2 is 1.96 bits per heavy atom. The minimum absolute atomic E-state index is 0.307. The van der Waals surface area contributed by atoms with Crippen LogP contribution in [0.3, 0.4) is 0 Å². The van der Waals surface area contributed by atoms with Gasteiger partial charge in [-0.2, -0.15) is 0 Å². The third-order valence-electron chi connectivity index (χ3n) is 6.92. The molecular weight excluding hydrogens is 318 g/mol. The van der Waals surface area contributed by atoms with E-state index in [1.807, 2.05) is 0 Å². The van der Waals surface area contributed by atoms with Gasteiger partial charge >= 0.3 is 0 Å². The van der Waals surface area contributed by atoms with E-state index < -0.39 is 0 Å². The number of hydrogen-bond acceptors (Lipinski definition) is 2. The van der Waals surface area contributed by atoms with E-state index in [4.69, 9.17) is 4.74 Å². The first-order chi connectivity index (χ1) is 12.5. The van der Waals surface area contributed by atoms with Crippen molar-refractivity contribution in [3.05, 3.63) is 59.9 Å². The van der Waals surface area contributed by atoms with E-state index in [1.165, 1.54) is 61.9 Å². The van der Waals surface area contributed by atoms with Gasteiger partial charge in [0.15, 0.2) is 0 Å². The highest BCUT2D eigenvalue weighted by molar-refractivity contribution is 5.29. The monoisotopic (exact) mass is 351 g/mol. The number of rotatable bonds is 4. The summed E-state index contributed by atoms with van der Waals surface area (Å²) in [6.07, 6.45) is 7.43. The molecule has 0 amide bonds. The highest BCUT2D eigenvalue weighted by Gasteiger charge is 2.45. The van der Waals surface area contributed by atoms with Crippen LogP contribution >= 0.6 is 0 Å². The largest absolute Gasteiger partial charge is 0.498 e. The summed E-state index contributed by atoms with van der Waals surface area (Å²) in [5.41, 5.74) is 4.58. The molecule has 0 unspecified atom stereocenters. The van der Waals surface area contributed by atoms with Crippen molar-refractivity contribution in [1.82, 2.24) is 4.90 Å². The maximum absolute atomic E-state index is 5.80. The van der Waals surface area contributed by atoms with E-state index in [2.05, 4.69) is 49.2 Å². The van der Waals surface area contributed by atoms with Gasteiger partial charge in [0, 0.05) is 18.4 Å². The van der Waals surface area contributed by atoms with Crippen LogP contribution < -0.4 is 0 Å². The van der Waals surface area contributed by atoms with E-state index in [1.54, 1.807) is 0 Å². The Balaban J connectivity index is 1.52. The van der Waals surface area contributed by atoms with Gasteiger partial charge in [0.1, 0.15) is 0 Å². The van der Waals surface area contributed by atoms with Gasteiger partial charge in [0.25, 0.3) is 0 Å². The van der Waals surface area contributed by atoms with Gasteiger partial charge in [-0.25, -0.2) is 0 Å². The normalized spacial score (nSPS) is 32.1. The first kappa shape index (κ1) is 17.9. The fourth-order valence-electron chi connectivity index (χ4n) is 5.45. The van der Waals surface area contributed by atoms with Crippen molar-refractivity contribution in [3.63, 3.8) is 0 Å². The van der Waals surface area contributed by atoms with Crippen LogP contribution in [-0.4, -0.2) is 24.6 Å². The molecule has 1 aromatic rings. The zero-order valence-corrected chi connectivity index (χ0v) is 16.3. The number of benzene rings is 1. The Bertz CT molecular complexity index is 670. The van der Waals surface area contributed by atoms with Crippen LogP contribution in [0.1, 0.15) is 62.5 Å². The standard InChI is InChI=1S/C24H33NO/c1-18(2)22-10-11-24(14-19(3)26-17-24)15-23(22)21-8-6-20(7-9-21)16-25-12-4-5-13-25/h6-9,22-23H,1,3-5,10-17H2,2H3/t22-,23-,24+/m0/s1. The Morgan fingerprint density at radius 1 is 1.23 bits per heavy atom. The molecular formula is C24H33NO. The minimum Gasteiger partial charge on any atom is -0.498 e. The third kappa shape index (κ3) is 3.62. The van der Waals surface area contributed by atoms with Gasteiger partial charge in [0.2, 0.25) is 0 Å². The summed E-state index contributed by atoms with van der Waals surface area (Å²) in [4.78, 5) is 2.57. The molecule has 0 radical (unpaired) electrons. The number of hydrogen-bond donors (Lipinski definition) is 0. The summed E-state index contributed by atoms with van der Waals surface area (Å²) in [5, 5.41) is 0. The SMILES string of the molecule is C=C1C[C@@]2(CC[C@@H](C(=C)C)[C@H](c3ccc(CN4CCCC4)cc3)C2)CO1. The summed E-state index contributed by atoms with van der Waals surface area (Å²) >= 11 is 0. The lowest BCUT2D eigenvalue weighted by atomic mass is 9.61. The molecule has 2 saturated heterocycles. The van der Waals surface area contributed by atoms with Crippen molar-refractivity contribution in [3.8, 4) is 0 Å². The molecule has 3 aliphatic rings. The van der Waals surface area contributed by atoms with Crippen LogP contribution in [0.2, 0.25) is 0 Å². The van der Waals surface area contributed by atoms with Crippen molar-refractivity contribution in [2.45, 2.75) is 57.9 Å². The van der Waals surface area contributed by atoms with Crippen molar-refractivity contribution in [2.75, 3.05) is 19.7 Å². The lowest BCUT2D eigenvalue weighted by molar-refractivity contribution is 0.108. The second-order valence-corrected chi connectivity index (χ2v) is 9.03. The summed E-state index contributed by atoms with van der Waals surface area (Å²) in [7, 11) is 0. The first-order valence-electron chi connectivity index (χ1n) is 10.3. The molecule has 2 heteroatoms. The molecule has 1 spiro atoms. The number of ether oxygens (including phenoxy) is 1. The topological polar surface area (TPSA) is 12.5 Å². The maximum atomic E-state index is 5.80. The number of allylic oxidation sites excluding steroid dienone is 2. The molecule has 1 aliphatic carbocycles. The first-order valence-corrected chi connectivity index (χ1v) is 10.3. The smallest absolute Gasteiger partial charge is 0.0937 e. The van der Waals surface area contributed by atoms with Crippen LogP contribution in [0.5, 0.6) is 0 Å². The van der Waals surface area contributed by atoms with Crippen molar-refractivity contribution >= 4 is 0 Å². The summed E-state index contributed by atoms with van der Waals surface area (Å²) in [5.74, 6) is 2.15. The highest BCUT2D eigenvalue weighted by Crippen LogP contribution is 2.54. The van der Waals surface area contributed by atoms with Crippen molar-refractivity contribution < 1.29 is 4.74 Å². The van der Waals surface area contributed by atoms with Crippen LogP contribution in [0.25, 0.3) is 0 Å². The quantitative estimate of drug-likeness (QED) is 0.649. The van der Waals surface area contributed by atoms with Gasteiger partial charge in [-0.1, -0.05) is 43.0 Å². The fraction of sp³-hybridized carbons (Fsp3) is 0.583. The molecule has 2 heterocycles. The highest BCUT2D eigenvalue weighted by atomic mass is 16.5. The lowest BCUT2D eigenvalue weighted by Gasteiger charge is -2.42. The average Bonchev–Trinajstić information content (AvgIpc) is 3.25. The summed E-state index contributed by atoms with van der Waals surface area (Å²) < 4.78 is 5.80. The van der Waals surface area contributed by atoms with E-state index in [0.717, 1.165) is 25.3 Å². The molecule has 2 aliphatic heterocycles. The van der Waals surface area contributed by atoms with Crippen molar-refractivity contribution in [2.24, 2.45) is 11.3 Å². The minimum atomic E-state index is 0.307. The Labute approximate surface area is 158 Å². The van der Waals surface area contributed by atoms with E-state index in [0.29, 0.717) is 17.3 Å². The molecule has 2 nitrogen and oxygen atoms in total. The second-order valence-electron chi connectivity index (χ2n) is 9.03. The lowest BCUT2D eigenvalue weighted by Crippen LogP contribution is -2.33. The third-order valence-corrected chi connectivity index (χ3v) is 6.92. The molecule has 4 rings (SSSR count). The fourth-order valence-corrected chi connectivity index (χ4v) is 5.45. The van der Waals surface area contributed by atoms with E-state index in [-0.39, 0.29) is 0 Å². The van der Waals surface area contributed by atoms with Crippen LogP contribution in [0, 0.1) is 11.3 Å². The Morgan fingerprint density at radius 3 is 2.58 bits per heavy atom. The Kier molecular flexibility index (Phi) is 4.96. The molecule has 1 aromatic carbocycles. The van der Waals surface area contributed by atoms with Crippen molar-refractivity contribution in [1.29, 1.82) is 0 Å². The van der Waals surface area contributed by atoms with Gasteiger partial charge in [-0.15, -0.1) is 0 Å².